The lowest BCUT2D eigenvalue weighted by Gasteiger charge is -2.31. The molecule has 3 aromatic rings. The molecule has 146 valence electrons. The maximum atomic E-state index is 12.7. The van der Waals surface area contributed by atoms with E-state index in [0.29, 0.717) is 6.54 Å². The smallest absolute Gasteiger partial charge is 0.265 e. The van der Waals surface area contributed by atoms with Gasteiger partial charge in [0.1, 0.15) is 5.57 Å². The van der Waals surface area contributed by atoms with Crippen LogP contribution in [-0.4, -0.2) is 45.4 Å². The lowest BCUT2D eigenvalue weighted by atomic mass is 10.1. The molecule has 29 heavy (non-hydrogen) atoms. The van der Waals surface area contributed by atoms with Crippen LogP contribution in [0.15, 0.2) is 64.8 Å². The van der Waals surface area contributed by atoms with E-state index in [-0.39, 0.29) is 10.7 Å². The van der Waals surface area contributed by atoms with E-state index in [0.717, 1.165) is 20.9 Å². The fourth-order valence-corrected chi connectivity index (χ4v) is 3.98. The normalized spacial score (nSPS) is 14.9. The van der Waals surface area contributed by atoms with Crippen LogP contribution >= 0.6 is 28.1 Å². The number of halogens is 1. The summed E-state index contributed by atoms with van der Waals surface area (Å²) in [6.45, 7) is 0.688. The minimum Gasteiger partial charge on any atom is -0.342 e. The van der Waals surface area contributed by atoms with Crippen LogP contribution in [0.2, 0.25) is 0 Å². The van der Waals surface area contributed by atoms with Crippen LogP contribution in [0.4, 0.5) is 0 Å². The first kappa shape index (κ1) is 19.5. The molecule has 4 rings (SSSR count). The fourth-order valence-electron chi connectivity index (χ4n) is 3.45. The second-order valence-electron chi connectivity index (χ2n) is 6.93. The van der Waals surface area contributed by atoms with Gasteiger partial charge in [0.2, 0.25) is 0 Å². The number of aromatic nitrogens is 1. The second kappa shape index (κ2) is 7.57. The molecule has 1 saturated heterocycles. The lowest BCUT2D eigenvalue weighted by molar-refractivity contribution is -0.132. The van der Waals surface area contributed by atoms with Gasteiger partial charge < -0.3 is 4.57 Å². The van der Waals surface area contributed by atoms with Crippen molar-refractivity contribution in [3.8, 4) is 0 Å². The topological polar surface area (TPSA) is 45.6 Å². The van der Waals surface area contributed by atoms with Crippen LogP contribution in [0, 0.1) is 0 Å². The number of likely N-dealkylation sites (N-methyl/N-ethyl adjacent to an activating group) is 2. The highest BCUT2D eigenvalue weighted by molar-refractivity contribution is 9.10. The van der Waals surface area contributed by atoms with Crippen molar-refractivity contribution in [3.05, 3.63) is 75.9 Å². The summed E-state index contributed by atoms with van der Waals surface area (Å²) in [6.07, 6.45) is 3.64. The molecule has 1 aromatic heterocycles. The molecule has 0 aliphatic carbocycles. The summed E-state index contributed by atoms with van der Waals surface area (Å²) in [4.78, 5) is 28.0. The Balaban J connectivity index is 1.84. The van der Waals surface area contributed by atoms with Crippen LogP contribution in [0.1, 0.15) is 11.1 Å². The molecule has 0 radical (unpaired) electrons. The Bertz CT molecular complexity index is 1160. The molecule has 7 heteroatoms. The highest BCUT2D eigenvalue weighted by atomic mass is 79.9. The zero-order chi connectivity index (χ0) is 20.7. The van der Waals surface area contributed by atoms with E-state index in [1.807, 2.05) is 42.6 Å². The first-order valence-electron chi connectivity index (χ1n) is 9.01. The average Bonchev–Trinajstić information content (AvgIpc) is 3.05. The number of carbonyl (C=O) groups is 2. The molecule has 0 N–H and O–H groups in total. The zero-order valence-corrected chi connectivity index (χ0v) is 18.3. The van der Waals surface area contributed by atoms with Gasteiger partial charge in [0, 0.05) is 47.8 Å². The Morgan fingerprint density at radius 3 is 2.31 bits per heavy atom. The van der Waals surface area contributed by atoms with Crippen molar-refractivity contribution in [2.45, 2.75) is 6.54 Å². The predicted octanol–water partition coefficient (Wildman–Crippen LogP) is 4.05. The Hall–Kier alpha value is -2.77. The molecule has 2 heterocycles. The van der Waals surface area contributed by atoms with E-state index < -0.39 is 11.8 Å². The number of hydrogen-bond acceptors (Lipinski definition) is 3. The van der Waals surface area contributed by atoms with Gasteiger partial charge >= 0.3 is 0 Å². The summed E-state index contributed by atoms with van der Waals surface area (Å²) in [7, 11) is 3.16. The minimum atomic E-state index is -0.392. The first-order valence-corrected chi connectivity index (χ1v) is 10.2. The van der Waals surface area contributed by atoms with Crippen LogP contribution in [-0.2, 0) is 16.1 Å². The van der Waals surface area contributed by atoms with Gasteiger partial charge in [-0.1, -0.05) is 46.3 Å². The molecule has 1 aliphatic rings. The molecule has 2 amide bonds. The number of benzene rings is 2. The zero-order valence-electron chi connectivity index (χ0n) is 15.9. The first-order chi connectivity index (χ1) is 13.9. The molecular formula is C22H18BrN3O2S. The number of amides is 2. The van der Waals surface area contributed by atoms with Gasteiger partial charge in [0.15, 0.2) is 5.11 Å². The van der Waals surface area contributed by atoms with Gasteiger partial charge in [-0.15, -0.1) is 0 Å². The molecule has 1 aliphatic heterocycles. The molecule has 5 nitrogen and oxygen atoms in total. The number of thiocarbonyl (C=S) groups is 1. The Labute approximate surface area is 182 Å². The molecule has 0 bridgehead atoms. The quantitative estimate of drug-likeness (QED) is 0.331. The Kier molecular flexibility index (Phi) is 5.10. The molecular weight excluding hydrogens is 450 g/mol. The van der Waals surface area contributed by atoms with Gasteiger partial charge in [0.25, 0.3) is 11.8 Å². The maximum absolute atomic E-state index is 12.7. The SMILES string of the molecule is CN1C(=O)C(=Cc2cn(Cc3ccccc3)c3ccc(Br)cc23)C(=O)N(C)C1=S. The summed E-state index contributed by atoms with van der Waals surface area (Å²) in [5.74, 6) is -0.783. The van der Waals surface area contributed by atoms with Gasteiger partial charge in [-0.3, -0.25) is 19.4 Å². The van der Waals surface area contributed by atoms with Crippen molar-refractivity contribution in [1.82, 2.24) is 14.4 Å². The predicted molar refractivity (Wildman–Crippen MR) is 121 cm³/mol. The van der Waals surface area contributed by atoms with E-state index >= 15 is 0 Å². The minimum absolute atomic E-state index is 0.0994. The summed E-state index contributed by atoms with van der Waals surface area (Å²) >= 11 is 8.69. The molecule has 0 saturated carbocycles. The number of fused-ring (bicyclic) bond motifs is 1. The van der Waals surface area contributed by atoms with E-state index in [4.69, 9.17) is 12.2 Å². The van der Waals surface area contributed by atoms with Crippen molar-refractivity contribution < 1.29 is 9.59 Å². The standard InChI is InChI=1S/C22H18BrN3O2S/c1-24-20(27)18(21(28)25(2)22(24)29)10-15-13-26(12-14-6-4-3-5-7-14)19-9-8-16(23)11-17(15)19/h3-11,13H,12H2,1-2H3. The van der Waals surface area contributed by atoms with Crippen LogP contribution in [0.5, 0.6) is 0 Å². The summed E-state index contributed by atoms with van der Waals surface area (Å²) in [5.41, 5.74) is 3.10. The lowest BCUT2D eigenvalue weighted by Crippen LogP contribution is -2.52. The molecule has 0 atom stereocenters. The largest absolute Gasteiger partial charge is 0.342 e. The highest BCUT2D eigenvalue weighted by Crippen LogP contribution is 2.29. The average molecular weight is 468 g/mol. The van der Waals surface area contributed by atoms with Crippen molar-refractivity contribution >= 4 is 62.1 Å². The number of rotatable bonds is 3. The van der Waals surface area contributed by atoms with E-state index in [1.165, 1.54) is 15.4 Å². The fraction of sp³-hybridized carbons (Fsp3) is 0.136. The van der Waals surface area contributed by atoms with Crippen molar-refractivity contribution in [2.75, 3.05) is 14.1 Å². The van der Waals surface area contributed by atoms with E-state index in [9.17, 15) is 9.59 Å². The third-order valence-electron chi connectivity index (χ3n) is 5.01. The van der Waals surface area contributed by atoms with Crippen LogP contribution in [0.25, 0.3) is 17.0 Å². The number of nitrogens with zero attached hydrogens (tertiary/aromatic N) is 3. The number of carbonyl (C=O) groups excluding carboxylic acids is 2. The molecule has 1 fully saturated rings. The third-order valence-corrected chi connectivity index (χ3v) is 6.05. The van der Waals surface area contributed by atoms with Gasteiger partial charge in [-0.05, 0) is 42.1 Å². The summed E-state index contributed by atoms with van der Waals surface area (Å²) in [6, 6.07) is 16.2. The maximum Gasteiger partial charge on any atom is 0.265 e. The second-order valence-corrected chi connectivity index (χ2v) is 8.21. The van der Waals surface area contributed by atoms with Gasteiger partial charge in [-0.25, -0.2) is 0 Å². The number of hydrogen-bond donors (Lipinski definition) is 0. The summed E-state index contributed by atoms with van der Waals surface area (Å²) in [5, 5.41) is 1.16. The van der Waals surface area contributed by atoms with Crippen molar-refractivity contribution in [1.29, 1.82) is 0 Å². The third kappa shape index (κ3) is 3.52. The van der Waals surface area contributed by atoms with E-state index in [2.05, 4.69) is 32.6 Å². The van der Waals surface area contributed by atoms with Gasteiger partial charge in [0.05, 0.1) is 0 Å². The van der Waals surface area contributed by atoms with Crippen LogP contribution in [0.3, 0.4) is 0 Å². The molecule has 0 spiro atoms. The van der Waals surface area contributed by atoms with E-state index in [1.54, 1.807) is 20.2 Å². The summed E-state index contributed by atoms with van der Waals surface area (Å²) < 4.78 is 3.05. The highest BCUT2D eigenvalue weighted by Gasteiger charge is 2.35. The van der Waals surface area contributed by atoms with Crippen molar-refractivity contribution in [2.24, 2.45) is 0 Å². The molecule has 2 aromatic carbocycles. The van der Waals surface area contributed by atoms with Gasteiger partial charge in [-0.2, -0.15) is 0 Å². The monoisotopic (exact) mass is 467 g/mol. The van der Waals surface area contributed by atoms with Crippen molar-refractivity contribution in [3.63, 3.8) is 0 Å². The Morgan fingerprint density at radius 1 is 1.00 bits per heavy atom. The Morgan fingerprint density at radius 2 is 1.66 bits per heavy atom. The van der Waals surface area contributed by atoms with Crippen LogP contribution < -0.4 is 0 Å². The molecule has 0 unspecified atom stereocenters.